The highest BCUT2D eigenvalue weighted by Crippen LogP contribution is 2.29. The van der Waals surface area contributed by atoms with Crippen molar-refractivity contribution in [2.45, 2.75) is 6.54 Å². The molecule has 1 amide bonds. The summed E-state index contributed by atoms with van der Waals surface area (Å²) in [6, 6.07) is 18.1. The van der Waals surface area contributed by atoms with Gasteiger partial charge in [-0.25, -0.2) is 0 Å². The number of hydrogen-bond acceptors (Lipinski definition) is 5. The normalized spacial score (nSPS) is 10.2. The van der Waals surface area contributed by atoms with Crippen molar-refractivity contribution >= 4 is 29.0 Å². The fraction of sp³-hybridized carbons (Fsp3) is 0.105. The predicted molar refractivity (Wildman–Crippen MR) is 101 cm³/mol. The van der Waals surface area contributed by atoms with E-state index >= 15 is 0 Å². The third-order valence-electron chi connectivity index (χ3n) is 3.62. The van der Waals surface area contributed by atoms with Gasteiger partial charge in [-0.05, 0) is 35.9 Å². The number of anilines is 2. The lowest BCUT2D eigenvalue weighted by atomic mass is 10.2. The van der Waals surface area contributed by atoms with E-state index in [9.17, 15) is 4.79 Å². The van der Waals surface area contributed by atoms with Crippen molar-refractivity contribution in [2.75, 3.05) is 12.4 Å². The van der Waals surface area contributed by atoms with Crippen LogP contribution < -0.4 is 15.4 Å². The molecule has 0 fully saturated rings. The molecule has 0 saturated carbocycles. The van der Waals surface area contributed by atoms with Gasteiger partial charge >= 0.3 is 0 Å². The van der Waals surface area contributed by atoms with Gasteiger partial charge in [-0.15, -0.1) is 10.2 Å². The molecule has 0 atom stereocenters. The number of carbonyl (C=O) groups is 1. The Bertz CT molecular complexity index is 886. The van der Waals surface area contributed by atoms with Gasteiger partial charge in [0.05, 0.1) is 12.8 Å². The highest BCUT2D eigenvalue weighted by molar-refractivity contribution is 6.31. The minimum Gasteiger partial charge on any atom is -0.495 e. The molecular formula is C19H17ClN4O2. The fourth-order valence-corrected chi connectivity index (χ4v) is 2.48. The quantitative estimate of drug-likeness (QED) is 0.691. The Hall–Kier alpha value is -3.12. The molecule has 0 unspecified atom stereocenters. The molecule has 0 bridgehead atoms. The van der Waals surface area contributed by atoms with Gasteiger partial charge in [0.25, 0.3) is 5.91 Å². The van der Waals surface area contributed by atoms with Crippen LogP contribution in [0.1, 0.15) is 16.1 Å². The standard InChI is InChI=1S/C19H17ClN4O2/c1-26-17-9-7-14(20)11-16(17)22-18-10-8-15(23-24-18)19(25)21-12-13-5-3-2-4-6-13/h2-11H,12H2,1H3,(H,21,25)(H,22,24). The zero-order valence-electron chi connectivity index (χ0n) is 14.1. The lowest BCUT2D eigenvalue weighted by Crippen LogP contribution is -2.24. The SMILES string of the molecule is COc1ccc(Cl)cc1Nc1ccc(C(=O)NCc2ccccc2)nn1. The summed E-state index contributed by atoms with van der Waals surface area (Å²) in [5, 5.41) is 14.5. The molecule has 3 rings (SSSR count). The van der Waals surface area contributed by atoms with E-state index in [1.54, 1.807) is 37.4 Å². The minimum absolute atomic E-state index is 0.240. The summed E-state index contributed by atoms with van der Waals surface area (Å²) in [6.07, 6.45) is 0. The minimum atomic E-state index is -0.284. The van der Waals surface area contributed by atoms with Crippen LogP contribution in [0.5, 0.6) is 5.75 Å². The van der Waals surface area contributed by atoms with E-state index in [-0.39, 0.29) is 11.6 Å². The number of carbonyl (C=O) groups excluding carboxylic acids is 1. The zero-order chi connectivity index (χ0) is 18.4. The molecule has 1 heterocycles. The van der Waals surface area contributed by atoms with Crippen molar-refractivity contribution in [3.8, 4) is 5.75 Å². The fourth-order valence-electron chi connectivity index (χ4n) is 2.30. The third-order valence-corrected chi connectivity index (χ3v) is 3.85. The van der Waals surface area contributed by atoms with E-state index in [0.29, 0.717) is 28.8 Å². The Balaban J connectivity index is 1.65. The second-order valence-corrected chi connectivity index (χ2v) is 5.88. The number of benzene rings is 2. The number of halogens is 1. The first-order chi connectivity index (χ1) is 12.7. The number of ether oxygens (including phenoxy) is 1. The summed E-state index contributed by atoms with van der Waals surface area (Å²) in [7, 11) is 1.57. The van der Waals surface area contributed by atoms with Crippen molar-refractivity contribution in [3.63, 3.8) is 0 Å². The van der Waals surface area contributed by atoms with E-state index in [4.69, 9.17) is 16.3 Å². The Labute approximate surface area is 156 Å². The van der Waals surface area contributed by atoms with Crippen molar-refractivity contribution in [1.82, 2.24) is 15.5 Å². The van der Waals surface area contributed by atoms with Crippen molar-refractivity contribution < 1.29 is 9.53 Å². The van der Waals surface area contributed by atoms with Gasteiger partial charge in [0.2, 0.25) is 0 Å². The Morgan fingerprint density at radius 2 is 1.88 bits per heavy atom. The molecule has 3 aromatic rings. The topological polar surface area (TPSA) is 76.1 Å². The zero-order valence-corrected chi connectivity index (χ0v) is 14.8. The van der Waals surface area contributed by atoms with E-state index in [1.807, 2.05) is 30.3 Å². The van der Waals surface area contributed by atoms with Gasteiger partial charge < -0.3 is 15.4 Å². The van der Waals surface area contributed by atoms with Crippen LogP contribution in [-0.4, -0.2) is 23.2 Å². The van der Waals surface area contributed by atoms with Gasteiger partial charge in [0, 0.05) is 11.6 Å². The van der Waals surface area contributed by atoms with E-state index in [2.05, 4.69) is 20.8 Å². The van der Waals surface area contributed by atoms with E-state index in [0.717, 1.165) is 5.56 Å². The molecule has 26 heavy (non-hydrogen) atoms. The van der Waals surface area contributed by atoms with Crippen LogP contribution >= 0.6 is 11.6 Å². The number of nitrogens with one attached hydrogen (secondary N) is 2. The number of aromatic nitrogens is 2. The third kappa shape index (κ3) is 4.49. The molecule has 7 heteroatoms. The largest absolute Gasteiger partial charge is 0.495 e. The monoisotopic (exact) mass is 368 g/mol. The summed E-state index contributed by atoms with van der Waals surface area (Å²) < 4.78 is 5.28. The van der Waals surface area contributed by atoms with Crippen LogP contribution in [0.15, 0.2) is 60.7 Å². The molecule has 0 aliphatic rings. The van der Waals surface area contributed by atoms with Crippen molar-refractivity contribution in [3.05, 3.63) is 76.9 Å². The van der Waals surface area contributed by atoms with Crippen LogP contribution in [0.2, 0.25) is 5.02 Å². The molecule has 1 aromatic heterocycles. The van der Waals surface area contributed by atoms with E-state index in [1.165, 1.54) is 0 Å². The molecule has 132 valence electrons. The van der Waals surface area contributed by atoms with Gasteiger partial charge in [-0.3, -0.25) is 4.79 Å². The summed E-state index contributed by atoms with van der Waals surface area (Å²) in [4.78, 5) is 12.2. The molecule has 0 saturated heterocycles. The number of rotatable bonds is 6. The molecule has 0 spiro atoms. The first-order valence-electron chi connectivity index (χ1n) is 7.92. The number of methoxy groups -OCH3 is 1. The first kappa shape index (κ1) is 17.7. The molecule has 6 nitrogen and oxygen atoms in total. The second-order valence-electron chi connectivity index (χ2n) is 5.44. The lowest BCUT2D eigenvalue weighted by molar-refractivity contribution is 0.0945. The maximum atomic E-state index is 12.2. The van der Waals surface area contributed by atoms with Crippen LogP contribution in [-0.2, 0) is 6.54 Å². The Morgan fingerprint density at radius 1 is 1.08 bits per heavy atom. The summed E-state index contributed by atoms with van der Waals surface area (Å²) >= 11 is 6.01. The molecule has 2 N–H and O–H groups in total. The summed E-state index contributed by atoms with van der Waals surface area (Å²) in [6.45, 7) is 0.432. The first-order valence-corrected chi connectivity index (χ1v) is 8.30. The molecule has 2 aromatic carbocycles. The van der Waals surface area contributed by atoms with Gasteiger partial charge in [0.15, 0.2) is 11.5 Å². The molecule has 0 aliphatic heterocycles. The predicted octanol–water partition coefficient (Wildman–Crippen LogP) is 3.81. The van der Waals surface area contributed by atoms with E-state index < -0.39 is 0 Å². The maximum absolute atomic E-state index is 12.2. The van der Waals surface area contributed by atoms with Gasteiger partial charge in [0.1, 0.15) is 5.75 Å². The average molecular weight is 369 g/mol. The average Bonchev–Trinajstić information content (AvgIpc) is 2.68. The Kier molecular flexibility index (Phi) is 5.66. The molecule has 0 aliphatic carbocycles. The van der Waals surface area contributed by atoms with Crippen LogP contribution in [0.25, 0.3) is 0 Å². The Morgan fingerprint density at radius 3 is 2.58 bits per heavy atom. The van der Waals surface area contributed by atoms with Gasteiger partial charge in [-0.1, -0.05) is 41.9 Å². The smallest absolute Gasteiger partial charge is 0.272 e. The summed E-state index contributed by atoms with van der Waals surface area (Å²) in [5.74, 6) is 0.819. The lowest BCUT2D eigenvalue weighted by Gasteiger charge is -2.10. The number of nitrogens with zero attached hydrogens (tertiary/aromatic N) is 2. The van der Waals surface area contributed by atoms with Crippen molar-refractivity contribution in [2.24, 2.45) is 0 Å². The number of hydrogen-bond donors (Lipinski definition) is 2. The van der Waals surface area contributed by atoms with Crippen LogP contribution in [0, 0.1) is 0 Å². The maximum Gasteiger partial charge on any atom is 0.272 e. The summed E-state index contributed by atoms with van der Waals surface area (Å²) in [5.41, 5.74) is 1.92. The van der Waals surface area contributed by atoms with Crippen LogP contribution in [0.3, 0.4) is 0 Å². The highest BCUT2D eigenvalue weighted by atomic mass is 35.5. The van der Waals surface area contributed by atoms with Crippen LogP contribution in [0.4, 0.5) is 11.5 Å². The highest BCUT2D eigenvalue weighted by Gasteiger charge is 2.09. The molecule has 0 radical (unpaired) electrons. The second kappa shape index (κ2) is 8.31. The number of amides is 1. The molecular weight excluding hydrogens is 352 g/mol. The van der Waals surface area contributed by atoms with Crippen molar-refractivity contribution in [1.29, 1.82) is 0 Å². The van der Waals surface area contributed by atoms with Gasteiger partial charge in [-0.2, -0.15) is 0 Å².